The molecule has 0 unspecified atom stereocenters. The molecular formula is C16H23FN2O2. The largest absolute Gasteiger partial charge is 0.379 e. The molecular weight excluding hydrogens is 271 g/mol. The first kappa shape index (κ1) is 15.9. The number of aryl methyl sites for hydroxylation is 1. The fraction of sp³-hybridized carbons (Fsp3) is 0.562. The van der Waals surface area contributed by atoms with E-state index in [4.69, 9.17) is 4.74 Å². The average molecular weight is 294 g/mol. The molecule has 1 fully saturated rings. The Kier molecular flexibility index (Phi) is 6.14. The Labute approximate surface area is 125 Å². The predicted molar refractivity (Wildman–Crippen MR) is 80.0 cm³/mol. The van der Waals surface area contributed by atoms with Gasteiger partial charge in [-0.2, -0.15) is 0 Å². The summed E-state index contributed by atoms with van der Waals surface area (Å²) in [6.45, 7) is 6.97. The van der Waals surface area contributed by atoms with Gasteiger partial charge in [0.05, 0.1) is 13.2 Å². The number of carbonyl (C=O) groups excluding carboxylic acids is 1. The zero-order chi connectivity index (χ0) is 15.1. The summed E-state index contributed by atoms with van der Waals surface area (Å²) in [5, 5.41) is 2.83. The second-order valence-electron chi connectivity index (χ2n) is 5.38. The molecule has 1 aromatic carbocycles. The number of carbonyl (C=O) groups is 1. The molecule has 1 saturated heterocycles. The van der Waals surface area contributed by atoms with Gasteiger partial charge in [0, 0.05) is 25.2 Å². The van der Waals surface area contributed by atoms with E-state index in [9.17, 15) is 9.18 Å². The van der Waals surface area contributed by atoms with Crippen molar-refractivity contribution in [2.45, 2.75) is 19.8 Å². The van der Waals surface area contributed by atoms with Crippen molar-refractivity contribution in [2.75, 3.05) is 39.4 Å². The van der Waals surface area contributed by atoms with Gasteiger partial charge in [-0.15, -0.1) is 0 Å². The highest BCUT2D eigenvalue weighted by Gasteiger charge is 2.10. The number of hydrogen-bond acceptors (Lipinski definition) is 3. The Bertz CT molecular complexity index is 473. The summed E-state index contributed by atoms with van der Waals surface area (Å²) in [4.78, 5) is 14.2. The van der Waals surface area contributed by atoms with Crippen molar-refractivity contribution >= 4 is 5.91 Å². The second-order valence-corrected chi connectivity index (χ2v) is 5.38. The van der Waals surface area contributed by atoms with Crippen LogP contribution in [0, 0.1) is 12.7 Å². The standard InChI is InChI=1S/C16H23FN2O2/c1-13-4-5-14(12-15(13)17)16(20)18-6-2-3-7-19-8-10-21-11-9-19/h4-5,12H,2-3,6-11H2,1H3,(H,18,20). The lowest BCUT2D eigenvalue weighted by atomic mass is 10.1. The van der Waals surface area contributed by atoms with Crippen LogP contribution in [0.1, 0.15) is 28.8 Å². The smallest absolute Gasteiger partial charge is 0.251 e. The zero-order valence-corrected chi connectivity index (χ0v) is 12.5. The monoisotopic (exact) mass is 294 g/mol. The van der Waals surface area contributed by atoms with Gasteiger partial charge in [0.15, 0.2) is 0 Å². The molecule has 1 N–H and O–H groups in total. The minimum absolute atomic E-state index is 0.208. The van der Waals surface area contributed by atoms with E-state index in [-0.39, 0.29) is 11.7 Å². The van der Waals surface area contributed by atoms with E-state index in [0.717, 1.165) is 45.7 Å². The van der Waals surface area contributed by atoms with Gasteiger partial charge in [0.1, 0.15) is 5.82 Å². The second kappa shape index (κ2) is 8.10. The lowest BCUT2D eigenvalue weighted by molar-refractivity contribution is 0.0372. The molecule has 0 bridgehead atoms. The third-order valence-corrected chi connectivity index (χ3v) is 3.72. The maximum atomic E-state index is 13.4. The molecule has 1 aliphatic rings. The van der Waals surface area contributed by atoms with E-state index in [1.807, 2.05) is 0 Å². The number of halogens is 1. The lowest BCUT2D eigenvalue weighted by Crippen LogP contribution is -2.37. The zero-order valence-electron chi connectivity index (χ0n) is 12.5. The van der Waals surface area contributed by atoms with Crippen molar-refractivity contribution < 1.29 is 13.9 Å². The first-order valence-corrected chi connectivity index (χ1v) is 7.51. The number of nitrogens with one attached hydrogen (secondary N) is 1. The van der Waals surface area contributed by atoms with E-state index < -0.39 is 0 Å². The number of morpholine rings is 1. The molecule has 1 aliphatic heterocycles. The van der Waals surface area contributed by atoms with Crippen LogP contribution in [0.15, 0.2) is 18.2 Å². The van der Waals surface area contributed by atoms with Crippen LogP contribution in [-0.4, -0.2) is 50.2 Å². The van der Waals surface area contributed by atoms with Crippen LogP contribution < -0.4 is 5.32 Å². The molecule has 116 valence electrons. The highest BCUT2D eigenvalue weighted by atomic mass is 19.1. The van der Waals surface area contributed by atoms with Crippen molar-refractivity contribution in [3.05, 3.63) is 35.1 Å². The van der Waals surface area contributed by atoms with Gasteiger partial charge >= 0.3 is 0 Å². The Hall–Kier alpha value is -1.46. The van der Waals surface area contributed by atoms with Crippen molar-refractivity contribution in [3.63, 3.8) is 0 Å². The van der Waals surface area contributed by atoms with Crippen LogP contribution in [-0.2, 0) is 4.74 Å². The van der Waals surface area contributed by atoms with E-state index in [1.54, 1.807) is 19.1 Å². The number of rotatable bonds is 6. The summed E-state index contributed by atoms with van der Waals surface area (Å²) in [7, 11) is 0. The van der Waals surface area contributed by atoms with E-state index >= 15 is 0 Å². The van der Waals surface area contributed by atoms with Crippen molar-refractivity contribution in [1.29, 1.82) is 0 Å². The Morgan fingerprint density at radius 1 is 1.33 bits per heavy atom. The van der Waals surface area contributed by atoms with E-state index in [0.29, 0.717) is 17.7 Å². The molecule has 0 atom stereocenters. The third-order valence-electron chi connectivity index (χ3n) is 3.72. The Morgan fingerprint density at radius 3 is 2.81 bits per heavy atom. The molecule has 0 aliphatic carbocycles. The van der Waals surface area contributed by atoms with Gasteiger partial charge in [0.25, 0.3) is 5.91 Å². The van der Waals surface area contributed by atoms with Gasteiger partial charge in [-0.25, -0.2) is 4.39 Å². The SMILES string of the molecule is Cc1ccc(C(=O)NCCCCN2CCOCC2)cc1F. The topological polar surface area (TPSA) is 41.6 Å². The number of unbranched alkanes of at least 4 members (excludes halogenated alkanes) is 1. The minimum Gasteiger partial charge on any atom is -0.379 e. The summed E-state index contributed by atoms with van der Waals surface area (Å²) in [6.07, 6.45) is 1.97. The fourth-order valence-corrected chi connectivity index (χ4v) is 2.32. The normalized spacial score (nSPS) is 15.9. The first-order chi connectivity index (χ1) is 10.2. The van der Waals surface area contributed by atoms with Crippen molar-refractivity contribution in [2.24, 2.45) is 0 Å². The summed E-state index contributed by atoms with van der Waals surface area (Å²) >= 11 is 0. The van der Waals surface area contributed by atoms with Crippen LogP contribution in [0.2, 0.25) is 0 Å². The average Bonchev–Trinajstić information content (AvgIpc) is 2.50. The molecule has 21 heavy (non-hydrogen) atoms. The number of amides is 1. The summed E-state index contributed by atoms with van der Waals surface area (Å²) in [5.41, 5.74) is 0.934. The molecule has 1 amide bonds. The van der Waals surface area contributed by atoms with Crippen molar-refractivity contribution in [1.82, 2.24) is 10.2 Å². The number of hydrogen-bond donors (Lipinski definition) is 1. The number of nitrogens with zero attached hydrogens (tertiary/aromatic N) is 1. The van der Waals surface area contributed by atoms with Gasteiger partial charge in [-0.1, -0.05) is 6.07 Å². The molecule has 0 aromatic heterocycles. The van der Waals surface area contributed by atoms with Gasteiger partial charge in [0.2, 0.25) is 0 Å². The van der Waals surface area contributed by atoms with Crippen LogP contribution >= 0.6 is 0 Å². The van der Waals surface area contributed by atoms with Crippen LogP contribution in [0.5, 0.6) is 0 Å². The van der Waals surface area contributed by atoms with Crippen molar-refractivity contribution in [3.8, 4) is 0 Å². The van der Waals surface area contributed by atoms with E-state index in [1.165, 1.54) is 6.07 Å². The predicted octanol–water partition coefficient (Wildman–Crippen LogP) is 1.98. The molecule has 0 radical (unpaired) electrons. The first-order valence-electron chi connectivity index (χ1n) is 7.51. The minimum atomic E-state index is -0.338. The van der Waals surface area contributed by atoms with Crippen LogP contribution in [0.4, 0.5) is 4.39 Å². The molecule has 0 saturated carbocycles. The maximum Gasteiger partial charge on any atom is 0.251 e. The fourth-order valence-electron chi connectivity index (χ4n) is 2.32. The third kappa shape index (κ3) is 5.10. The van der Waals surface area contributed by atoms with Crippen LogP contribution in [0.3, 0.4) is 0 Å². The maximum absolute atomic E-state index is 13.4. The van der Waals surface area contributed by atoms with Gasteiger partial charge < -0.3 is 10.1 Å². The number of benzene rings is 1. The van der Waals surface area contributed by atoms with Gasteiger partial charge in [-0.05, 0) is 44.0 Å². The molecule has 2 rings (SSSR count). The Balaban J connectivity index is 1.63. The molecule has 4 nitrogen and oxygen atoms in total. The summed E-state index contributed by atoms with van der Waals surface area (Å²) < 4.78 is 18.7. The quantitative estimate of drug-likeness (QED) is 0.816. The summed E-state index contributed by atoms with van der Waals surface area (Å²) in [6, 6.07) is 4.57. The molecule has 1 heterocycles. The summed E-state index contributed by atoms with van der Waals surface area (Å²) in [5.74, 6) is -0.546. The molecule has 5 heteroatoms. The van der Waals surface area contributed by atoms with Crippen LogP contribution in [0.25, 0.3) is 0 Å². The highest BCUT2D eigenvalue weighted by molar-refractivity contribution is 5.94. The highest BCUT2D eigenvalue weighted by Crippen LogP contribution is 2.09. The number of ether oxygens (including phenoxy) is 1. The molecule has 0 spiro atoms. The Morgan fingerprint density at radius 2 is 2.10 bits per heavy atom. The molecule has 1 aromatic rings. The lowest BCUT2D eigenvalue weighted by Gasteiger charge is -2.26. The van der Waals surface area contributed by atoms with E-state index in [2.05, 4.69) is 10.2 Å². The van der Waals surface area contributed by atoms with Gasteiger partial charge in [-0.3, -0.25) is 9.69 Å².